The number of piperidine rings is 1. The maximum absolute atomic E-state index is 13.9. The fraction of sp³-hybridized carbons (Fsp3) is 0.364. The molecule has 3 heterocycles. The van der Waals surface area contributed by atoms with Crippen LogP contribution >= 0.6 is 11.8 Å². The monoisotopic (exact) mass is 393 g/mol. The summed E-state index contributed by atoms with van der Waals surface area (Å²) in [7, 11) is 0. The van der Waals surface area contributed by atoms with Crippen molar-refractivity contribution >= 4 is 35.0 Å². The van der Waals surface area contributed by atoms with E-state index in [4.69, 9.17) is 0 Å². The van der Waals surface area contributed by atoms with Crippen LogP contribution in [0.2, 0.25) is 0 Å². The van der Waals surface area contributed by atoms with E-state index in [-0.39, 0.29) is 11.8 Å². The lowest BCUT2D eigenvalue weighted by Gasteiger charge is -2.35. The van der Waals surface area contributed by atoms with E-state index < -0.39 is 4.87 Å². The molecule has 2 saturated heterocycles. The van der Waals surface area contributed by atoms with Gasteiger partial charge in [-0.05, 0) is 44.1 Å². The maximum atomic E-state index is 13.9. The Morgan fingerprint density at radius 3 is 2.39 bits per heavy atom. The van der Waals surface area contributed by atoms with Gasteiger partial charge in [0, 0.05) is 11.3 Å². The summed E-state index contributed by atoms with van der Waals surface area (Å²) in [5.74, 6) is 0.296. The lowest BCUT2D eigenvalue weighted by Crippen LogP contribution is -2.52. The van der Waals surface area contributed by atoms with E-state index in [0.717, 1.165) is 30.0 Å². The topological polar surface area (TPSA) is 43.9 Å². The summed E-state index contributed by atoms with van der Waals surface area (Å²) >= 11 is 1.45. The Morgan fingerprint density at radius 1 is 0.893 bits per heavy atom. The predicted molar refractivity (Wildman–Crippen MR) is 112 cm³/mol. The van der Waals surface area contributed by atoms with Gasteiger partial charge in [-0.15, -0.1) is 11.8 Å². The van der Waals surface area contributed by atoms with Crippen molar-refractivity contribution in [2.75, 3.05) is 35.3 Å². The molecule has 1 atom stereocenters. The lowest BCUT2D eigenvalue weighted by molar-refractivity contribution is -0.124. The van der Waals surface area contributed by atoms with Crippen molar-refractivity contribution in [3.63, 3.8) is 0 Å². The van der Waals surface area contributed by atoms with Crippen molar-refractivity contribution in [1.29, 1.82) is 0 Å². The minimum atomic E-state index is -0.995. The fourth-order valence-corrected chi connectivity index (χ4v) is 5.93. The molecule has 3 aliphatic heterocycles. The SMILES string of the molecule is O=C1CS[C@]2(C(=O)N(CN3CCCCC3)c3ccccc32)N1c1ccccc1. The normalized spacial score (nSPS) is 25.0. The van der Waals surface area contributed by atoms with Gasteiger partial charge in [0.15, 0.2) is 0 Å². The highest BCUT2D eigenvalue weighted by molar-refractivity contribution is 8.02. The summed E-state index contributed by atoms with van der Waals surface area (Å²) in [6.07, 6.45) is 3.62. The second kappa shape index (κ2) is 6.94. The van der Waals surface area contributed by atoms with Crippen molar-refractivity contribution in [3.05, 3.63) is 60.2 Å². The predicted octanol–water partition coefficient (Wildman–Crippen LogP) is 3.41. The average Bonchev–Trinajstić information content (AvgIpc) is 3.21. The van der Waals surface area contributed by atoms with Gasteiger partial charge in [-0.3, -0.25) is 24.3 Å². The van der Waals surface area contributed by atoms with Crippen LogP contribution in [0.15, 0.2) is 54.6 Å². The van der Waals surface area contributed by atoms with Crippen LogP contribution in [0.5, 0.6) is 0 Å². The van der Waals surface area contributed by atoms with Crippen molar-refractivity contribution in [1.82, 2.24) is 4.90 Å². The third kappa shape index (κ3) is 2.58. The van der Waals surface area contributed by atoms with Gasteiger partial charge in [-0.1, -0.05) is 42.8 Å². The number of amides is 2. The van der Waals surface area contributed by atoms with Crippen molar-refractivity contribution in [2.45, 2.75) is 24.1 Å². The number of para-hydroxylation sites is 2. The molecular weight excluding hydrogens is 370 g/mol. The minimum Gasteiger partial charge on any atom is -0.295 e. The molecule has 0 aliphatic carbocycles. The Hall–Kier alpha value is -2.31. The highest BCUT2D eigenvalue weighted by Gasteiger charge is 2.61. The smallest absolute Gasteiger partial charge is 0.269 e. The summed E-state index contributed by atoms with van der Waals surface area (Å²) in [5.41, 5.74) is 2.64. The van der Waals surface area contributed by atoms with E-state index in [2.05, 4.69) is 4.90 Å². The van der Waals surface area contributed by atoms with Crippen LogP contribution in [-0.2, 0) is 14.5 Å². The summed E-state index contributed by atoms with van der Waals surface area (Å²) in [5, 5.41) is 0. The molecule has 3 aliphatic rings. The number of hydrogen-bond acceptors (Lipinski definition) is 4. The molecule has 2 fully saturated rings. The number of carbonyl (C=O) groups excluding carboxylic acids is 2. The Morgan fingerprint density at radius 2 is 1.61 bits per heavy atom. The van der Waals surface area contributed by atoms with Gasteiger partial charge in [0.05, 0.1) is 18.1 Å². The zero-order chi connectivity index (χ0) is 19.1. The zero-order valence-corrected chi connectivity index (χ0v) is 16.5. The molecule has 5 nitrogen and oxygen atoms in total. The molecule has 0 saturated carbocycles. The Kier molecular flexibility index (Phi) is 4.40. The van der Waals surface area contributed by atoms with Crippen molar-refractivity contribution < 1.29 is 9.59 Å². The van der Waals surface area contributed by atoms with Crippen LogP contribution in [0.4, 0.5) is 11.4 Å². The summed E-state index contributed by atoms with van der Waals surface area (Å²) in [6, 6.07) is 17.5. The van der Waals surface area contributed by atoms with Crippen LogP contribution in [-0.4, -0.2) is 42.2 Å². The third-order valence-corrected chi connectivity index (χ3v) is 7.25. The number of anilines is 2. The number of hydrogen-bond donors (Lipinski definition) is 0. The van der Waals surface area contributed by atoms with E-state index >= 15 is 0 Å². The average molecular weight is 394 g/mol. The molecule has 2 aromatic carbocycles. The van der Waals surface area contributed by atoms with Crippen LogP contribution in [0.1, 0.15) is 24.8 Å². The molecule has 0 aromatic heterocycles. The standard InChI is InChI=1S/C22H23N3O2S/c26-20-15-28-22(25(20)17-9-3-1-4-10-17)18-11-5-6-12-19(18)24(21(22)27)16-23-13-7-2-8-14-23/h1,3-6,9-12H,2,7-8,13-16H2/t22-/m1/s1. The number of thioether (sulfide) groups is 1. The minimum absolute atomic E-state index is 0.000948. The number of fused-ring (bicyclic) bond motifs is 2. The van der Waals surface area contributed by atoms with E-state index in [9.17, 15) is 9.59 Å². The summed E-state index contributed by atoms with van der Waals surface area (Å²) in [6.45, 7) is 2.63. The number of nitrogens with zero attached hydrogens (tertiary/aromatic N) is 3. The molecule has 5 rings (SSSR count). The molecule has 0 N–H and O–H groups in total. The molecular formula is C22H23N3O2S. The number of carbonyl (C=O) groups is 2. The van der Waals surface area contributed by atoms with Gasteiger partial charge in [0.25, 0.3) is 5.91 Å². The molecule has 144 valence electrons. The number of rotatable bonds is 3. The van der Waals surface area contributed by atoms with E-state index in [0.29, 0.717) is 12.4 Å². The van der Waals surface area contributed by atoms with Crippen LogP contribution < -0.4 is 9.80 Å². The van der Waals surface area contributed by atoms with Gasteiger partial charge in [-0.25, -0.2) is 0 Å². The molecule has 6 heteroatoms. The molecule has 0 unspecified atom stereocenters. The Balaban J connectivity index is 1.59. The Labute approximate surface area is 169 Å². The first-order valence-corrected chi connectivity index (χ1v) is 10.9. The van der Waals surface area contributed by atoms with Crippen LogP contribution in [0, 0.1) is 0 Å². The van der Waals surface area contributed by atoms with Crippen LogP contribution in [0.3, 0.4) is 0 Å². The molecule has 0 radical (unpaired) electrons. The van der Waals surface area contributed by atoms with E-state index in [1.165, 1.54) is 31.0 Å². The van der Waals surface area contributed by atoms with Gasteiger partial charge in [0.1, 0.15) is 0 Å². The molecule has 0 bridgehead atoms. The number of benzene rings is 2. The van der Waals surface area contributed by atoms with E-state index in [1.54, 1.807) is 4.90 Å². The Bertz CT molecular complexity index is 913. The maximum Gasteiger partial charge on any atom is 0.269 e. The van der Waals surface area contributed by atoms with Gasteiger partial charge < -0.3 is 0 Å². The van der Waals surface area contributed by atoms with Crippen molar-refractivity contribution in [3.8, 4) is 0 Å². The summed E-state index contributed by atoms with van der Waals surface area (Å²) in [4.78, 5) is 31.8. The first kappa shape index (κ1) is 17.8. The molecule has 2 aromatic rings. The second-order valence-corrected chi connectivity index (χ2v) is 8.74. The van der Waals surface area contributed by atoms with Gasteiger partial charge >= 0.3 is 0 Å². The first-order valence-electron chi connectivity index (χ1n) is 9.88. The lowest BCUT2D eigenvalue weighted by atomic mass is 10.0. The summed E-state index contributed by atoms with van der Waals surface area (Å²) < 4.78 is 0. The highest BCUT2D eigenvalue weighted by atomic mass is 32.2. The van der Waals surface area contributed by atoms with E-state index in [1.807, 2.05) is 59.5 Å². The highest BCUT2D eigenvalue weighted by Crippen LogP contribution is 2.55. The van der Waals surface area contributed by atoms with Gasteiger partial charge in [0.2, 0.25) is 10.8 Å². The second-order valence-electron chi connectivity index (χ2n) is 7.57. The quantitative estimate of drug-likeness (QED) is 0.802. The zero-order valence-electron chi connectivity index (χ0n) is 15.7. The number of likely N-dealkylation sites (tertiary alicyclic amines) is 1. The molecule has 28 heavy (non-hydrogen) atoms. The first-order chi connectivity index (χ1) is 13.7. The molecule has 1 spiro atoms. The van der Waals surface area contributed by atoms with Crippen molar-refractivity contribution in [2.24, 2.45) is 0 Å². The fourth-order valence-electron chi connectivity index (χ4n) is 4.57. The van der Waals surface area contributed by atoms with Crippen LogP contribution in [0.25, 0.3) is 0 Å². The third-order valence-electron chi connectivity index (χ3n) is 5.87. The largest absolute Gasteiger partial charge is 0.295 e. The molecule has 2 amide bonds. The van der Waals surface area contributed by atoms with Gasteiger partial charge in [-0.2, -0.15) is 0 Å².